The highest BCUT2D eigenvalue weighted by molar-refractivity contribution is 9.10. The first-order valence-corrected chi connectivity index (χ1v) is 8.52. The zero-order valence-corrected chi connectivity index (χ0v) is 13.7. The molecule has 21 heavy (non-hydrogen) atoms. The van der Waals surface area contributed by atoms with Crippen molar-refractivity contribution in [1.29, 1.82) is 0 Å². The number of hydrogen-bond acceptors (Lipinski definition) is 3. The van der Waals surface area contributed by atoms with Crippen LogP contribution < -0.4 is 10.5 Å². The molecule has 1 aromatic heterocycles. The lowest BCUT2D eigenvalue weighted by atomic mass is 10.3. The normalized spacial score (nSPS) is 11.6. The van der Waals surface area contributed by atoms with Crippen LogP contribution in [0, 0.1) is 5.82 Å². The number of nitrogens with zero attached hydrogens (tertiary/aromatic N) is 1. The largest absolute Gasteiger partial charge is 0.349 e. The number of rotatable bonds is 5. The van der Waals surface area contributed by atoms with Crippen LogP contribution in [0.2, 0.25) is 0 Å². The van der Waals surface area contributed by atoms with Crippen molar-refractivity contribution in [2.45, 2.75) is 24.9 Å². The fraction of sp³-hybridized carbons (Fsp3) is 0.231. The van der Waals surface area contributed by atoms with Crippen molar-refractivity contribution in [1.82, 2.24) is 4.57 Å². The Labute approximate surface area is 131 Å². The van der Waals surface area contributed by atoms with Crippen molar-refractivity contribution in [3.8, 4) is 0 Å². The number of nitrogens with two attached hydrogens (primary N) is 1. The lowest BCUT2D eigenvalue weighted by Crippen LogP contribution is -2.12. The number of aryl methyl sites for hydroxylation is 1. The molecular formula is C13H15BrFN3O2S. The summed E-state index contributed by atoms with van der Waals surface area (Å²) < 4.78 is 42.3. The molecule has 0 aliphatic rings. The van der Waals surface area contributed by atoms with Gasteiger partial charge in [0, 0.05) is 29.5 Å². The average Bonchev–Trinajstić information content (AvgIpc) is 2.86. The van der Waals surface area contributed by atoms with E-state index in [-0.39, 0.29) is 17.1 Å². The molecule has 0 saturated carbocycles. The van der Waals surface area contributed by atoms with Crippen LogP contribution in [0.25, 0.3) is 0 Å². The van der Waals surface area contributed by atoms with E-state index in [0.717, 1.165) is 5.69 Å². The molecule has 0 spiro atoms. The summed E-state index contributed by atoms with van der Waals surface area (Å²) in [5, 5.41) is 0. The van der Waals surface area contributed by atoms with Crippen LogP contribution in [0.5, 0.6) is 0 Å². The minimum atomic E-state index is -3.75. The van der Waals surface area contributed by atoms with Gasteiger partial charge in [-0.2, -0.15) is 0 Å². The van der Waals surface area contributed by atoms with Crippen molar-refractivity contribution in [2.75, 3.05) is 4.72 Å². The van der Waals surface area contributed by atoms with Gasteiger partial charge in [-0.25, -0.2) is 12.8 Å². The molecule has 0 radical (unpaired) electrons. The summed E-state index contributed by atoms with van der Waals surface area (Å²) in [6, 6.07) is 5.27. The fourth-order valence-corrected chi connectivity index (χ4v) is 3.64. The molecule has 0 aliphatic carbocycles. The van der Waals surface area contributed by atoms with Crippen LogP contribution in [0.3, 0.4) is 0 Å². The van der Waals surface area contributed by atoms with Crippen LogP contribution in [0.4, 0.5) is 10.1 Å². The minimum Gasteiger partial charge on any atom is -0.349 e. The van der Waals surface area contributed by atoms with Gasteiger partial charge in [0.15, 0.2) is 0 Å². The lowest BCUT2D eigenvalue weighted by Gasteiger charge is -2.08. The summed E-state index contributed by atoms with van der Waals surface area (Å²) >= 11 is 3.13. The van der Waals surface area contributed by atoms with Gasteiger partial charge in [-0.3, -0.25) is 4.72 Å². The van der Waals surface area contributed by atoms with E-state index in [2.05, 4.69) is 20.7 Å². The van der Waals surface area contributed by atoms with E-state index in [4.69, 9.17) is 5.73 Å². The van der Waals surface area contributed by atoms with E-state index < -0.39 is 15.8 Å². The van der Waals surface area contributed by atoms with Crippen LogP contribution in [0.1, 0.15) is 12.6 Å². The maximum atomic E-state index is 13.0. The van der Waals surface area contributed by atoms with Crippen LogP contribution in [-0.4, -0.2) is 13.0 Å². The zero-order valence-electron chi connectivity index (χ0n) is 11.3. The molecule has 0 fully saturated rings. The number of aromatic nitrogens is 1. The highest BCUT2D eigenvalue weighted by Gasteiger charge is 2.19. The maximum absolute atomic E-state index is 13.0. The Kier molecular flexibility index (Phi) is 4.70. The number of hydrogen-bond donors (Lipinski definition) is 2. The van der Waals surface area contributed by atoms with Crippen LogP contribution in [0.15, 0.2) is 39.8 Å². The second kappa shape index (κ2) is 6.17. The summed E-state index contributed by atoms with van der Waals surface area (Å²) in [7, 11) is -3.75. The molecule has 2 rings (SSSR count). The molecule has 1 aromatic carbocycles. The lowest BCUT2D eigenvalue weighted by molar-refractivity contribution is 0.600. The Bertz CT molecular complexity index is 737. The summed E-state index contributed by atoms with van der Waals surface area (Å²) in [6.07, 6.45) is 1.53. The second-order valence-electron chi connectivity index (χ2n) is 4.39. The molecule has 8 heteroatoms. The van der Waals surface area contributed by atoms with E-state index in [0.29, 0.717) is 11.0 Å². The predicted molar refractivity (Wildman–Crippen MR) is 82.9 cm³/mol. The van der Waals surface area contributed by atoms with Crippen molar-refractivity contribution in [3.05, 3.63) is 46.4 Å². The maximum Gasteiger partial charge on any atom is 0.263 e. The van der Waals surface area contributed by atoms with E-state index in [9.17, 15) is 12.8 Å². The summed E-state index contributed by atoms with van der Waals surface area (Å²) in [6.45, 7) is 2.78. The molecular weight excluding hydrogens is 361 g/mol. The number of benzene rings is 1. The molecule has 0 unspecified atom stereocenters. The standard InChI is InChI=1S/C13H15BrFN3O2S/c1-2-18-8-11(6-10(18)7-16)21(19,20)17-13-4-3-9(15)5-12(13)14/h3-6,8,17H,2,7,16H2,1H3. The number of nitrogens with one attached hydrogen (secondary N) is 1. The molecule has 5 nitrogen and oxygen atoms in total. The smallest absolute Gasteiger partial charge is 0.263 e. The van der Waals surface area contributed by atoms with Crippen molar-refractivity contribution in [2.24, 2.45) is 5.73 Å². The summed E-state index contributed by atoms with van der Waals surface area (Å²) in [4.78, 5) is 0.126. The zero-order chi connectivity index (χ0) is 15.6. The highest BCUT2D eigenvalue weighted by Crippen LogP contribution is 2.26. The van der Waals surface area contributed by atoms with E-state index in [1.54, 1.807) is 4.57 Å². The third-order valence-electron chi connectivity index (χ3n) is 3.00. The summed E-state index contributed by atoms with van der Waals surface area (Å²) in [5.41, 5.74) is 6.60. The molecule has 0 saturated heterocycles. The van der Waals surface area contributed by atoms with Crippen LogP contribution >= 0.6 is 15.9 Å². The van der Waals surface area contributed by atoms with Gasteiger partial charge in [0.25, 0.3) is 10.0 Å². The van der Waals surface area contributed by atoms with Gasteiger partial charge in [0.1, 0.15) is 10.7 Å². The van der Waals surface area contributed by atoms with E-state index in [1.165, 1.54) is 30.5 Å². The second-order valence-corrected chi connectivity index (χ2v) is 6.92. The first-order valence-electron chi connectivity index (χ1n) is 6.24. The third kappa shape index (κ3) is 3.45. The Morgan fingerprint density at radius 3 is 2.62 bits per heavy atom. The van der Waals surface area contributed by atoms with Gasteiger partial charge < -0.3 is 10.3 Å². The van der Waals surface area contributed by atoms with Gasteiger partial charge in [-0.1, -0.05) is 0 Å². The Balaban J connectivity index is 2.36. The Hall–Kier alpha value is -1.38. The molecule has 114 valence electrons. The quantitative estimate of drug-likeness (QED) is 0.843. The molecule has 0 amide bonds. The van der Waals surface area contributed by atoms with Gasteiger partial charge >= 0.3 is 0 Å². The average molecular weight is 376 g/mol. The van der Waals surface area contributed by atoms with Gasteiger partial charge in [0.2, 0.25) is 0 Å². The van der Waals surface area contributed by atoms with Gasteiger partial charge in [-0.15, -0.1) is 0 Å². The SMILES string of the molecule is CCn1cc(S(=O)(=O)Nc2ccc(F)cc2Br)cc1CN. The van der Waals surface area contributed by atoms with Crippen molar-refractivity contribution >= 4 is 31.6 Å². The molecule has 0 bridgehead atoms. The molecule has 1 heterocycles. The third-order valence-corrected chi connectivity index (χ3v) is 4.99. The van der Waals surface area contributed by atoms with Crippen LogP contribution in [-0.2, 0) is 23.1 Å². The number of sulfonamides is 1. The number of halogens is 2. The molecule has 2 aromatic rings. The van der Waals surface area contributed by atoms with Crippen molar-refractivity contribution in [3.63, 3.8) is 0 Å². The number of anilines is 1. The predicted octanol–water partition coefficient (Wildman–Crippen LogP) is 2.67. The minimum absolute atomic E-state index is 0.126. The molecule has 3 N–H and O–H groups in total. The van der Waals surface area contributed by atoms with Crippen molar-refractivity contribution < 1.29 is 12.8 Å². The van der Waals surface area contributed by atoms with Gasteiger partial charge in [0.05, 0.1) is 5.69 Å². The topological polar surface area (TPSA) is 77.1 Å². The Morgan fingerprint density at radius 2 is 2.10 bits per heavy atom. The van der Waals surface area contributed by atoms with E-state index in [1.807, 2.05) is 6.92 Å². The first-order chi connectivity index (χ1) is 9.87. The van der Waals surface area contributed by atoms with Gasteiger partial charge in [-0.05, 0) is 47.1 Å². The first kappa shape index (κ1) is 16.0. The Morgan fingerprint density at radius 1 is 1.38 bits per heavy atom. The summed E-state index contributed by atoms with van der Waals surface area (Å²) in [5.74, 6) is -0.452. The molecule has 0 atom stereocenters. The van der Waals surface area contributed by atoms with E-state index >= 15 is 0 Å². The molecule has 0 aliphatic heterocycles. The monoisotopic (exact) mass is 375 g/mol. The highest BCUT2D eigenvalue weighted by atomic mass is 79.9. The fourth-order valence-electron chi connectivity index (χ4n) is 1.91.